The number of hydrogen-bond donors (Lipinski definition) is 1. The zero-order valence-electron chi connectivity index (χ0n) is 12.0. The summed E-state index contributed by atoms with van der Waals surface area (Å²) in [6, 6.07) is 3.21. The van der Waals surface area contributed by atoms with Gasteiger partial charge in [0.2, 0.25) is 0 Å². The van der Waals surface area contributed by atoms with Crippen molar-refractivity contribution in [2.75, 3.05) is 20.8 Å². The first-order chi connectivity index (χ1) is 10.4. The Hall–Kier alpha value is -2.97. The van der Waals surface area contributed by atoms with Crippen LogP contribution in [-0.4, -0.2) is 43.5 Å². The molecule has 9 heteroatoms. The zero-order valence-corrected chi connectivity index (χ0v) is 12.0. The predicted octanol–water partition coefficient (Wildman–Crippen LogP) is 0.674. The lowest BCUT2D eigenvalue weighted by Crippen LogP contribution is -2.26. The molecule has 0 bridgehead atoms. The number of ether oxygens (including phenoxy) is 2. The molecular formula is C13H14N2O7. The molecule has 0 unspecified atom stereocenters. The van der Waals surface area contributed by atoms with Gasteiger partial charge >= 0.3 is 11.9 Å². The minimum absolute atomic E-state index is 0.00174. The molecule has 0 aromatic heterocycles. The lowest BCUT2D eigenvalue weighted by atomic mass is 10.1. The van der Waals surface area contributed by atoms with Crippen LogP contribution in [0.25, 0.3) is 0 Å². The van der Waals surface area contributed by atoms with Gasteiger partial charge in [0.05, 0.1) is 31.1 Å². The molecule has 0 spiro atoms. The Bertz CT molecular complexity index is 612. The quantitative estimate of drug-likeness (QED) is 0.465. The highest BCUT2D eigenvalue weighted by Crippen LogP contribution is 2.18. The molecule has 1 N–H and O–H groups in total. The fourth-order valence-electron chi connectivity index (χ4n) is 1.57. The second-order valence-corrected chi connectivity index (χ2v) is 4.10. The van der Waals surface area contributed by atoms with E-state index < -0.39 is 28.5 Å². The van der Waals surface area contributed by atoms with Crippen molar-refractivity contribution in [2.24, 2.45) is 0 Å². The molecule has 0 aliphatic heterocycles. The van der Waals surface area contributed by atoms with Crippen LogP contribution in [0, 0.1) is 10.1 Å². The molecule has 1 aromatic carbocycles. The summed E-state index contributed by atoms with van der Waals surface area (Å²) < 4.78 is 8.89. The van der Waals surface area contributed by atoms with Gasteiger partial charge in [-0.1, -0.05) is 0 Å². The molecule has 1 rings (SSSR count). The molecule has 0 saturated heterocycles. The molecule has 1 aromatic rings. The highest BCUT2D eigenvalue weighted by atomic mass is 16.6. The molecule has 0 fully saturated rings. The Morgan fingerprint density at radius 1 is 1.14 bits per heavy atom. The second-order valence-electron chi connectivity index (χ2n) is 4.10. The number of nitrogens with zero attached hydrogens (tertiary/aromatic N) is 1. The number of amides is 1. The van der Waals surface area contributed by atoms with Crippen molar-refractivity contribution < 1.29 is 28.8 Å². The smallest absolute Gasteiger partial charge is 0.338 e. The van der Waals surface area contributed by atoms with E-state index in [0.717, 1.165) is 19.2 Å². The summed E-state index contributed by atoms with van der Waals surface area (Å²) in [6.45, 7) is 0.00174. The maximum atomic E-state index is 11.9. The average molecular weight is 310 g/mol. The maximum absolute atomic E-state index is 11.9. The van der Waals surface area contributed by atoms with Gasteiger partial charge in [-0.15, -0.1) is 0 Å². The Morgan fingerprint density at radius 2 is 1.77 bits per heavy atom. The molecule has 0 heterocycles. The number of carbonyl (C=O) groups is 3. The van der Waals surface area contributed by atoms with Crippen molar-refractivity contribution in [3.8, 4) is 0 Å². The summed E-state index contributed by atoms with van der Waals surface area (Å²) in [5, 5.41) is 13.2. The topological polar surface area (TPSA) is 125 Å². The van der Waals surface area contributed by atoms with Crippen LogP contribution in [0.4, 0.5) is 5.69 Å². The van der Waals surface area contributed by atoms with E-state index >= 15 is 0 Å². The van der Waals surface area contributed by atoms with E-state index in [1.165, 1.54) is 13.2 Å². The van der Waals surface area contributed by atoms with Gasteiger partial charge in [-0.2, -0.15) is 0 Å². The minimum atomic E-state index is -0.799. The van der Waals surface area contributed by atoms with E-state index in [-0.39, 0.29) is 24.1 Å². The average Bonchev–Trinajstić information content (AvgIpc) is 2.53. The summed E-state index contributed by atoms with van der Waals surface area (Å²) in [5.41, 5.74) is -0.615. The van der Waals surface area contributed by atoms with E-state index in [1.807, 2.05) is 0 Å². The normalized spacial score (nSPS) is 9.73. The van der Waals surface area contributed by atoms with Crippen LogP contribution in [0.2, 0.25) is 0 Å². The summed E-state index contributed by atoms with van der Waals surface area (Å²) >= 11 is 0. The molecular weight excluding hydrogens is 296 g/mol. The van der Waals surface area contributed by atoms with Crippen LogP contribution < -0.4 is 5.32 Å². The summed E-state index contributed by atoms with van der Waals surface area (Å²) in [7, 11) is 2.34. The van der Waals surface area contributed by atoms with Crippen molar-refractivity contribution in [1.82, 2.24) is 5.32 Å². The molecule has 0 atom stereocenters. The van der Waals surface area contributed by atoms with Gasteiger partial charge in [0.25, 0.3) is 11.6 Å². The van der Waals surface area contributed by atoms with E-state index in [9.17, 15) is 24.5 Å². The summed E-state index contributed by atoms with van der Waals surface area (Å²) in [5.74, 6) is -1.96. The van der Waals surface area contributed by atoms with Gasteiger partial charge in [0.15, 0.2) is 0 Å². The van der Waals surface area contributed by atoms with Crippen LogP contribution in [-0.2, 0) is 14.3 Å². The van der Waals surface area contributed by atoms with Crippen molar-refractivity contribution >= 4 is 23.5 Å². The number of esters is 2. The summed E-state index contributed by atoms with van der Waals surface area (Å²) in [4.78, 5) is 44.4. The number of non-ortho nitro benzene ring substituents is 1. The Kier molecular flexibility index (Phi) is 5.99. The van der Waals surface area contributed by atoms with E-state index in [1.54, 1.807) is 0 Å². The van der Waals surface area contributed by atoms with E-state index in [4.69, 9.17) is 0 Å². The number of methoxy groups -OCH3 is 2. The molecule has 1 amide bonds. The maximum Gasteiger partial charge on any atom is 0.338 e. The Labute approximate surface area is 125 Å². The van der Waals surface area contributed by atoms with Gasteiger partial charge in [0, 0.05) is 24.2 Å². The molecule has 0 aliphatic carbocycles. The van der Waals surface area contributed by atoms with E-state index in [2.05, 4.69) is 14.8 Å². The lowest BCUT2D eigenvalue weighted by Gasteiger charge is -2.06. The van der Waals surface area contributed by atoms with Crippen LogP contribution in [0.5, 0.6) is 0 Å². The molecule has 118 valence electrons. The first-order valence-corrected chi connectivity index (χ1v) is 6.12. The number of carbonyl (C=O) groups excluding carboxylic acids is 3. The molecule has 22 heavy (non-hydrogen) atoms. The first-order valence-electron chi connectivity index (χ1n) is 6.12. The number of nitro benzene ring substituents is 1. The third-order valence-corrected chi connectivity index (χ3v) is 2.65. The summed E-state index contributed by atoms with van der Waals surface area (Å²) in [6.07, 6.45) is -0.0406. The number of nitrogens with one attached hydrogen (secondary N) is 1. The Morgan fingerprint density at radius 3 is 2.32 bits per heavy atom. The van der Waals surface area contributed by atoms with Gasteiger partial charge in [-0.25, -0.2) is 4.79 Å². The number of hydrogen-bond acceptors (Lipinski definition) is 7. The highest BCUT2D eigenvalue weighted by Gasteiger charge is 2.18. The Balaban J connectivity index is 2.94. The van der Waals surface area contributed by atoms with Gasteiger partial charge in [-0.05, 0) is 6.07 Å². The monoisotopic (exact) mass is 310 g/mol. The molecule has 0 aliphatic rings. The second kappa shape index (κ2) is 7.72. The van der Waals surface area contributed by atoms with Gasteiger partial charge < -0.3 is 14.8 Å². The van der Waals surface area contributed by atoms with Crippen molar-refractivity contribution in [1.29, 1.82) is 0 Å². The number of rotatable bonds is 6. The van der Waals surface area contributed by atoms with Crippen LogP contribution in [0.15, 0.2) is 18.2 Å². The van der Waals surface area contributed by atoms with Crippen LogP contribution in [0.1, 0.15) is 27.1 Å². The van der Waals surface area contributed by atoms with Crippen LogP contribution >= 0.6 is 0 Å². The fourth-order valence-corrected chi connectivity index (χ4v) is 1.57. The molecule has 0 saturated carbocycles. The molecule has 0 radical (unpaired) electrons. The van der Waals surface area contributed by atoms with Crippen molar-refractivity contribution in [2.45, 2.75) is 6.42 Å². The minimum Gasteiger partial charge on any atom is -0.469 e. The SMILES string of the molecule is COC(=O)CCNC(=O)c1cc(C(=O)OC)cc([N+](=O)[O-])c1. The van der Waals surface area contributed by atoms with Crippen molar-refractivity contribution in [3.05, 3.63) is 39.4 Å². The van der Waals surface area contributed by atoms with Gasteiger partial charge in [0.1, 0.15) is 0 Å². The standard InChI is InChI=1S/C13H14N2O7/c1-21-11(16)3-4-14-12(17)8-5-9(13(18)22-2)7-10(6-8)15(19)20/h5-7H,3-4H2,1-2H3,(H,14,17). The van der Waals surface area contributed by atoms with Crippen molar-refractivity contribution in [3.63, 3.8) is 0 Å². The predicted molar refractivity (Wildman–Crippen MR) is 73.4 cm³/mol. The van der Waals surface area contributed by atoms with Gasteiger partial charge in [-0.3, -0.25) is 19.7 Å². The third-order valence-electron chi connectivity index (χ3n) is 2.65. The lowest BCUT2D eigenvalue weighted by molar-refractivity contribution is -0.384. The largest absolute Gasteiger partial charge is 0.469 e. The number of benzene rings is 1. The molecule has 9 nitrogen and oxygen atoms in total. The van der Waals surface area contributed by atoms with E-state index in [0.29, 0.717) is 0 Å². The number of nitro groups is 1. The highest BCUT2D eigenvalue weighted by molar-refractivity contribution is 5.99. The zero-order chi connectivity index (χ0) is 16.7. The fraction of sp³-hybridized carbons (Fsp3) is 0.308. The van der Waals surface area contributed by atoms with Crippen LogP contribution in [0.3, 0.4) is 0 Å². The first kappa shape index (κ1) is 17.1. The third kappa shape index (κ3) is 4.54.